The molecule has 1 unspecified atom stereocenters. The molecular formula is C15H22N2O2. The summed E-state index contributed by atoms with van der Waals surface area (Å²) in [6, 6.07) is 7.75. The molecule has 2 rings (SSSR count). The van der Waals surface area contributed by atoms with Gasteiger partial charge in [-0.25, -0.2) is 0 Å². The van der Waals surface area contributed by atoms with E-state index in [0.29, 0.717) is 0 Å². The SMILES string of the molecule is CC(C)[C@@H](CO)NC(=O)C1CCNc2ccccc21. The van der Waals surface area contributed by atoms with Gasteiger partial charge in [0.15, 0.2) is 0 Å². The molecule has 0 saturated heterocycles. The standard InChI is InChI=1S/C15H22N2O2/c1-10(2)14(9-18)17-15(19)12-7-8-16-13-6-4-3-5-11(12)13/h3-6,10,12,14,16,18H,7-9H2,1-2H3,(H,17,19)/t12?,14-/m1/s1. The van der Waals surface area contributed by atoms with Crippen LogP contribution in [0.25, 0.3) is 0 Å². The van der Waals surface area contributed by atoms with Gasteiger partial charge in [0.2, 0.25) is 5.91 Å². The van der Waals surface area contributed by atoms with Crippen molar-refractivity contribution in [3.8, 4) is 0 Å². The van der Waals surface area contributed by atoms with Crippen molar-refractivity contribution >= 4 is 11.6 Å². The van der Waals surface area contributed by atoms with E-state index in [-0.39, 0.29) is 30.4 Å². The predicted molar refractivity (Wildman–Crippen MR) is 76.1 cm³/mol. The molecule has 0 bridgehead atoms. The van der Waals surface area contributed by atoms with Gasteiger partial charge >= 0.3 is 0 Å². The van der Waals surface area contributed by atoms with Gasteiger partial charge in [0.25, 0.3) is 0 Å². The summed E-state index contributed by atoms with van der Waals surface area (Å²) in [5.41, 5.74) is 2.09. The first-order chi connectivity index (χ1) is 9.13. The minimum Gasteiger partial charge on any atom is -0.394 e. The zero-order chi connectivity index (χ0) is 13.8. The Kier molecular flexibility index (Phi) is 4.43. The molecule has 3 N–H and O–H groups in total. The number of hydrogen-bond donors (Lipinski definition) is 3. The Morgan fingerprint density at radius 3 is 2.89 bits per heavy atom. The molecule has 1 aromatic rings. The van der Waals surface area contributed by atoms with Gasteiger partial charge in [0, 0.05) is 12.2 Å². The third-order valence-electron chi connectivity index (χ3n) is 3.73. The molecule has 0 radical (unpaired) electrons. The summed E-state index contributed by atoms with van der Waals surface area (Å²) < 4.78 is 0. The van der Waals surface area contributed by atoms with Gasteiger partial charge in [-0.1, -0.05) is 32.0 Å². The number of amides is 1. The summed E-state index contributed by atoms with van der Waals surface area (Å²) >= 11 is 0. The Hall–Kier alpha value is -1.55. The maximum absolute atomic E-state index is 12.4. The lowest BCUT2D eigenvalue weighted by atomic mass is 9.89. The fourth-order valence-electron chi connectivity index (χ4n) is 2.45. The average Bonchev–Trinajstić information content (AvgIpc) is 2.43. The van der Waals surface area contributed by atoms with Crippen LogP contribution in [-0.2, 0) is 4.79 Å². The first-order valence-electron chi connectivity index (χ1n) is 6.87. The number of aliphatic hydroxyl groups excluding tert-OH is 1. The molecule has 1 aliphatic rings. The van der Waals surface area contributed by atoms with Crippen LogP contribution in [0.2, 0.25) is 0 Å². The van der Waals surface area contributed by atoms with Gasteiger partial charge in [-0.05, 0) is 24.0 Å². The minimum atomic E-state index is -0.172. The van der Waals surface area contributed by atoms with E-state index in [9.17, 15) is 9.90 Å². The van der Waals surface area contributed by atoms with Crippen LogP contribution >= 0.6 is 0 Å². The third-order valence-corrected chi connectivity index (χ3v) is 3.73. The molecule has 4 nitrogen and oxygen atoms in total. The van der Waals surface area contributed by atoms with Crippen molar-refractivity contribution in [2.24, 2.45) is 5.92 Å². The molecule has 4 heteroatoms. The third kappa shape index (κ3) is 3.07. The number of anilines is 1. The van der Waals surface area contributed by atoms with E-state index in [2.05, 4.69) is 10.6 Å². The largest absolute Gasteiger partial charge is 0.394 e. The lowest BCUT2D eigenvalue weighted by Crippen LogP contribution is -2.44. The van der Waals surface area contributed by atoms with E-state index >= 15 is 0 Å². The molecule has 2 atom stereocenters. The second kappa shape index (κ2) is 6.06. The van der Waals surface area contributed by atoms with Crippen LogP contribution in [0.5, 0.6) is 0 Å². The van der Waals surface area contributed by atoms with Crippen LogP contribution in [0.15, 0.2) is 24.3 Å². The summed E-state index contributed by atoms with van der Waals surface area (Å²) in [5.74, 6) is 0.123. The van der Waals surface area contributed by atoms with Crippen molar-refractivity contribution < 1.29 is 9.90 Å². The highest BCUT2D eigenvalue weighted by molar-refractivity contribution is 5.86. The monoisotopic (exact) mass is 262 g/mol. The number of carbonyl (C=O) groups excluding carboxylic acids is 1. The molecule has 0 aliphatic carbocycles. The first-order valence-corrected chi connectivity index (χ1v) is 6.87. The fraction of sp³-hybridized carbons (Fsp3) is 0.533. The van der Waals surface area contributed by atoms with E-state index in [1.54, 1.807) is 0 Å². The van der Waals surface area contributed by atoms with E-state index in [1.165, 1.54) is 0 Å². The number of carbonyl (C=O) groups is 1. The quantitative estimate of drug-likeness (QED) is 0.774. The molecular weight excluding hydrogens is 240 g/mol. The second-order valence-electron chi connectivity index (χ2n) is 5.40. The molecule has 0 saturated carbocycles. The molecule has 19 heavy (non-hydrogen) atoms. The fourth-order valence-corrected chi connectivity index (χ4v) is 2.45. The molecule has 1 amide bonds. The lowest BCUT2D eigenvalue weighted by molar-refractivity contribution is -0.124. The van der Waals surface area contributed by atoms with Crippen molar-refractivity contribution in [1.29, 1.82) is 0 Å². The molecule has 1 aromatic carbocycles. The number of hydrogen-bond acceptors (Lipinski definition) is 3. The maximum Gasteiger partial charge on any atom is 0.227 e. The summed E-state index contributed by atoms with van der Waals surface area (Å²) in [4.78, 5) is 12.4. The molecule has 0 spiro atoms. The van der Waals surface area contributed by atoms with Gasteiger partial charge in [0.1, 0.15) is 0 Å². The predicted octanol–water partition coefficient (Wildman–Crippen LogP) is 1.72. The van der Waals surface area contributed by atoms with Crippen LogP contribution in [0.4, 0.5) is 5.69 Å². The Morgan fingerprint density at radius 2 is 2.21 bits per heavy atom. The van der Waals surface area contributed by atoms with Gasteiger partial charge < -0.3 is 15.7 Å². The van der Waals surface area contributed by atoms with Crippen LogP contribution in [-0.4, -0.2) is 30.2 Å². The number of rotatable bonds is 4. The van der Waals surface area contributed by atoms with Crippen molar-refractivity contribution in [2.75, 3.05) is 18.5 Å². The van der Waals surface area contributed by atoms with Crippen molar-refractivity contribution in [3.05, 3.63) is 29.8 Å². The lowest BCUT2D eigenvalue weighted by Gasteiger charge is -2.28. The van der Waals surface area contributed by atoms with E-state index in [4.69, 9.17) is 0 Å². The number of nitrogens with one attached hydrogen (secondary N) is 2. The Labute approximate surface area is 114 Å². The van der Waals surface area contributed by atoms with E-state index in [1.807, 2.05) is 38.1 Å². The van der Waals surface area contributed by atoms with E-state index in [0.717, 1.165) is 24.2 Å². The molecule has 1 aliphatic heterocycles. The van der Waals surface area contributed by atoms with Gasteiger partial charge in [-0.15, -0.1) is 0 Å². The van der Waals surface area contributed by atoms with Gasteiger partial charge in [-0.2, -0.15) is 0 Å². The number of benzene rings is 1. The Balaban J connectivity index is 2.12. The summed E-state index contributed by atoms with van der Waals surface area (Å²) in [6.07, 6.45) is 0.791. The summed E-state index contributed by atoms with van der Waals surface area (Å²) in [5, 5.41) is 15.6. The van der Waals surface area contributed by atoms with Crippen molar-refractivity contribution in [1.82, 2.24) is 5.32 Å². The smallest absolute Gasteiger partial charge is 0.227 e. The topological polar surface area (TPSA) is 61.4 Å². The highest BCUT2D eigenvalue weighted by atomic mass is 16.3. The van der Waals surface area contributed by atoms with Crippen molar-refractivity contribution in [3.63, 3.8) is 0 Å². The highest BCUT2D eigenvalue weighted by Gasteiger charge is 2.28. The number of para-hydroxylation sites is 1. The van der Waals surface area contributed by atoms with Crippen LogP contribution in [0.3, 0.4) is 0 Å². The van der Waals surface area contributed by atoms with Gasteiger partial charge in [-0.3, -0.25) is 4.79 Å². The highest BCUT2D eigenvalue weighted by Crippen LogP contribution is 2.31. The first kappa shape index (κ1) is 13.9. The average molecular weight is 262 g/mol. The van der Waals surface area contributed by atoms with E-state index < -0.39 is 0 Å². The number of fused-ring (bicyclic) bond motifs is 1. The zero-order valence-electron chi connectivity index (χ0n) is 11.5. The number of aliphatic hydroxyl groups is 1. The zero-order valence-corrected chi connectivity index (χ0v) is 11.5. The maximum atomic E-state index is 12.4. The molecule has 1 heterocycles. The Morgan fingerprint density at radius 1 is 1.47 bits per heavy atom. The normalized spacial score (nSPS) is 19.5. The van der Waals surface area contributed by atoms with Crippen LogP contribution < -0.4 is 10.6 Å². The van der Waals surface area contributed by atoms with Crippen LogP contribution in [0.1, 0.15) is 31.7 Å². The molecule has 0 aromatic heterocycles. The van der Waals surface area contributed by atoms with Crippen LogP contribution in [0, 0.1) is 5.92 Å². The Bertz CT molecular complexity index is 446. The molecule has 104 valence electrons. The summed E-state index contributed by atoms with van der Waals surface area (Å²) in [6.45, 7) is 4.78. The van der Waals surface area contributed by atoms with Crippen molar-refractivity contribution in [2.45, 2.75) is 32.2 Å². The second-order valence-corrected chi connectivity index (χ2v) is 5.40. The minimum absolute atomic E-state index is 0.0155. The summed E-state index contributed by atoms with van der Waals surface area (Å²) in [7, 11) is 0. The molecule has 0 fully saturated rings. The van der Waals surface area contributed by atoms with Gasteiger partial charge in [0.05, 0.1) is 18.6 Å².